The van der Waals surface area contributed by atoms with Crippen LogP contribution in [-0.2, 0) is 9.53 Å². The zero-order valence-corrected chi connectivity index (χ0v) is 14.5. The van der Waals surface area contributed by atoms with Gasteiger partial charge in [0.25, 0.3) is 0 Å². The number of esters is 1. The fraction of sp³-hybridized carbons (Fsp3) is 0.450. The predicted molar refractivity (Wildman–Crippen MR) is 93.1 cm³/mol. The molecule has 0 saturated heterocycles. The SMILES string of the molecule is O=C1CCC(C2(Sc3ccccc3F)CC2)=C(CCC=C2CC2)O1. The summed E-state index contributed by atoms with van der Waals surface area (Å²) in [5.74, 6) is 0.562. The minimum absolute atomic E-state index is 0.0645. The van der Waals surface area contributed by atoms with Crippen molar-refractivity contribution >= 4 is 17.7 Å². The van der Waals surface area contributed by atoms with Crippen LogP contribution in [0.15, 0.2) is 52.1 Å². The predicted octanol–water partition coefficient (Wildman–Crippen LogP) is 5.54. The molecule has 1 heterocycles. The van der Waals surface area contributed by atoms with Crippen LogP contribution in [0.25, 0.3) is 0 Å². The largest absolute Gasteiger partial charge is 0.431 e. The first kappa shape index (κ1) is 15.9. The Morgan fingerprint density at radius 2 is 1.96 bits per heavy atom. The monoisotopic (exact) mass is 344 g/mol. The lowest BCUT2D eigenvalue weighted by Crippen LogP contribution is -2.20. The van der Waals surface area contributed by atoms with E-state index in [0.29, 0.717) is 11.3 Å². The number of hydrogen-bond acceptors (Lipinski definition) is 3. The highest BCUT2D eigenvalue weighted by Crippen LogP contribution is 2.59. The molecule has 0 amide bonds. The van der Waals surface area contributed by atoms with Crippen molar-refractivity contribution < 1.29 is 13.9 Å². The van der Waals surface area contributed by atoms with Crippen LogP contribution in [0.2, 0.25) is 0 Å². The highest BCUT2D eigenvalue weighted by molar-refractivity contribution is 8.01. The molecule has 0 bridgehead atoms. The average molecular weight is 344 g/mol. The second-order valence-corrected chi connectivity index (χ2v) is 8.23. The quantitative estimate of drug-likeness (QED) is 0.500. The van der Waals surface area contributed by atoms with E-state index in [9.17, 15) is 9.18 Å². The summed E-state index contributed by atoms with van der Waals surface area (Å²) in [6.07, 6.45) is 9.69. The van der Waals surface area contributed by atoms with Gasteiger partial charge in [-0.15, -0.1) is 11.8 Å². The normalized spacial score (nSPS) is 21.5. The molecule has 0 spiro atoms. The molecule has 1 aromatic rings. The molecule has 24 heavy (non-hydrogen) atoms. The van der Waals surface area contributed by atoms with Crippen molar-refractivity contribution in [2.24, 2.45) is 0 Å². The van der Waals surface area contributed by atoms with Gasteiger partial charge in [0.15, 0.2) is 0 Å². The number of carbonyl (C=O) groups excluding carboxylic acids is 1. The van der Waals surface area contributed by atoms with Gasteiger partial charge in [-0.05, 0) is 56.2 Å². The van der Waals surface area contributed by atoms with E-state index < -0.39 is 0 Å². The van der Waals surface area contributed by atoms with Crippen molar-refractivity contribution in [3.8, 4) is 0 Å². The molecule has 1 aliphatic heterocycles. The topological polar surface area (TPSA) is 26.3 Å². The van der Waals surface area contributed by atoms with Crippen molar-refractivity contribution in [2.45, 2.75) is 61.0 Å². The number of hydrogen-bond donors (Lipinski definition) is 0. The molecule has 126 valence electrons. The molecule has 2 nitrogen and oxygen atoms in total. The molecule has 0 radical (unpaired) electrons. The third-order valence-corrected chi connectivity index (χ3v) is 6.49. The molecule has 2 saturated carbocycles. The lowest BCUT2D eigenvalue weighted by atomic mass is 9.98. The Morgan fingerprint density at radius 3 is 2.67 bits per heavy atom. The molecule has 0 unspecified atom stereocenters. The highest BCUT2D eigenvalue weighted by Gasteiger charge is 2.50. The van der Waals surface area contributed by atoms with Crippen molar-refractivity contribution in [3.63, 3.8) is 0 Å². The van der Waals surface area contributed by atoms with E-state index in [1.807, 2.05) is 12.1 Å². The van der Waals surface area contributed by atoms with Gasteiger partial charge in [0.1, 0.15) is 11.6 Å². The van der Waals surface area contributed by atoms with E-state index in [-0.39, 0.29) is 16.5 Å². The number of allylic oxidation sites excluding steroid dienone is 3. The minimum atomic E-state index is -0.165. The van der Waals surface area contributed by atoms with Gasteiger partial charge in [-0.25, -0.2) is 4.39 Å². The van der Waals surface area contributed by atoms with E-state index in [2.05, 4.69) is 6.08 Å². The third kappa shape index (κ3) is 3.44. The van der Waals surface area contributed by atoms with Gasteiger partial charge in [0.2, 0.25) is 0 Å². The van der Waals surface area contributed by atoms with Gasteiger partial charge in [0, 0.05) is 22.5 Å². The van der Waals surface area contributed by atoms with Gasteiger partial charge < -0.3 is 4.74 Å². The molecule has 2 fully saturated rings. The zero-order valence-electron chi connectivity index (χ0n) is 13.6. The van der Waals surface area contributed by atoms with E-state index in [1.54, 1.807) is 17.8 Å². The van der Waals surface area contributed by atoms with Gasteiger partial charge in [0.05, 0.1) is 0 Å². The molecule has 0 aromatic heterocycles. The Balaban J connectivity index is 1.56. The van der Waals surface area contributed by atoms with E-state index in [1.165, 1.54) is 30.1 Å². The van der Waals surface area contributed by atoms with Crippen molar-refractivity contribution in [2.75, 3.05) is 0 Å². The van der Waals surface area contributed by atoms with E-state index >= 15 is 0 Å². The molecule has 1 aromatic carbocycles. The fourth-order valence-electron chi connectivity index (χ4n) is 3.30. The molecule has 0 atom stereocenters. The first-order chi connectivity index (χ1) is 11.7. The fourth-order valence-corrected chi connectivity index (χ4v) is 4.68. The number of rotatable bonds is 6. The van der Waals surface area contributed by atoms with Crippen LogP contribution >= 0.6 is 11.8 Å². The summed E-state index contributed by atoms with van der Waals surface area (Å²) in [5.41, 5.74) is 2.76. The minimum Gasteiger partial charge on any atom is -0.431 e. The molecular weight excluding hydrogens is 323 g/mol. The third-order valence-electron chi connectivity index (χ3n) is 4.89. The molecule has 3 aliphatic rings. The van der Waals surface area contributed by atoms with E-state index in [4.69, 9.17) is 4.74 Å². The summed E-state index contributed by atoms with van der Waals surface area (Å²) in [6.45, 7) is 0. The number of carbonyl (C=O) groups is 1. The number of halogens is 1. The van der Waals surface area contributed by atoms with Gasteiger partial charge in [-0.1, -0.05) is 23.8 Å². The van der Waals surface area contributed by atoms with Gasteiger partial charge >= 0.3 is 5.97 Å². The molecular formula is C20H21FO2S. The summed E-state index contributed by atoms with van der Waals surface area (Å²) in [7, 11) is 0. The summed E-state index contributed by atoms with van der Waals surface area (Å²) in [5, 5.41) is 0. The average Bonchev–Trinajstić information content (AvgIpc) is 3.47. The maximum Gasteiger partial charge on any atom is 0.311 e. The lowest BCUT2D eigenvalue weighted by molar-refractivity contribution is -0.140. The van der Waals surface area contributed by atoms with Crippen molar-refractivity contribution in [3.05, 3.63) is 53.1 Å². The Hall–Kier alpha value is -1.55. The lowest BCUT2D eigenvalue weighted by Gasteiger charge is -2.26. The van der Waals surface area contributed by atoms with Crippen LogP contribution < -0.4 is 0 Å². The van der Waals surface area contributed by atoms with Crippen LogP contribution in [0.4, 0.5) is 4.39 Å². The first-order valence-electron chi connectivity index (χ1n) is 8.71. The van der Waals surface area contributed by atoms with E-state index in [0.717, 1.165) is 37.9 Å². The summed E-state index contributed by atoms with van der Waals surface area (Å²) in [4.78, 5) is 12.4. The highest BCUT2D eigenvalue weighted by atomic mass is 32.2. The summed E-state index contributed by atoms with van der Waals surface area (Å²) in [6, 6.07) is 6.94. The standard InChI is InChI=1S/C20H21FO2S/c21-16-5-1-2-7-18(16)24-20(12-13-20)15-10-11-19(22)23-17(15)6-3-4-14-8-9-14/h1-2,4-5,7H,3,6,8-13H2. The Kier molecular flexibility index (Phi) is 4.25. The number of thioether (sulfide) groups is 1. The molecule has 2 aliphatic carbocycles. The van der Waals surface area contributed by atoms with Crippen LogP contribution in [0.1, 0.15) is 51.4 Å². The number of cyclic esters (lactones) is 1. The first-order valence-corrected chi connectivity index (χ1v) is 9.53. The van der Waals surface area contributed by atoms with Gasteiger partial charge in [-0.3, -0.25) is 4.79 Å². The summed E-state index contributed by atoms with van der Waals surface area (Å²) < 4.78 is 19.6. The van der Waals surface area contributed by atoms with Crippen LogP contribution in [0, 0.1) is 5.82 Å². The van der Waals surface area contributed by atoms with Crippen molar-refractivity contribution in [1.29, 1.82) is 0 Å². The Morgan fingerprint density at radius 1 is 1.17 bits per heavy atom. The van der Waals surface area contributed by atoms with Crippen LogP contribution in [-0.4, -0.2) is 10.7 Å². The Labute approximate surface area is 146 Å². The Bertz CT molecular complexity index is 725. The maximum atomic E-state index is 14.0. The zero-order chi connectivity index (χ0) is 16.6. The van der Waals surface area contributed by atoms with Crippen LogP contribution in [0.3, 0.4) is 0 Å². The second-order valence-electron chi connectivity index (χ2n) is 6.80. The van der Waals surface area contributed by atoms with Crippen LogP contribution in [0.5, 0.6) is 0 Å². The maximum absolute atomic E-state index is 14.0. The summed E-state index contributed by atoms with van der Waals surface area (Å²) >= 11 is 1.61. The molecule has 4 rings (SSSR count). The number of benzene rings is 1. The molecule has 4 heteroatoms. The van der Waals surface area contributed by atoms with Crippen molar-refractivity contribution in [1.82, 2.24) is 0 Å². The smallest absolute Gasteiger partial charge is 0.311 e. The second kappa shape index (κ2) is 6.40. The molecule has 0 N–H and O–H groups in total. The van der Waals surface area contributed by atoms with Gasteiger partial charge in [-0.2, -0.15) is 0 Å². The number of ether oxygens (including phenoxy) is 1.